The minimum absolute atomic E-state index is 0.166. The number of allylic oxidation sites excluding steroid dienone is 2. The highest BCUT2D eigenvalue weighted by Gasteiger charge is 2.42. The third-order valence-corrected chi connectivity index (χ3v) is 9.37. The minimum Gasteiger partial charge on any atom is -0.499 e. The van der Waals surface area contributed by atoms with Crippen molar-refractivity contribution in [2.75, 3.05) is 20.2 Å². The maximum atomic E-state index is 13.4. The molecule has 206 valence electrons. The Bertz CT molecular complexity index is 1230. The lowest BCUT2D eigenvalue weighted by Gasteiger charge is -2.39. The highest BCUT2D eigenvalue weighted by Crippen LogP contribution is 2.43. The molecule has 3 heterocycles. The number of methoxy groups -OCH3 is 1. The van der Waals surface area contributed by atoms with E-state index in [-0.39, 0.29) is 17.8 Å². The molecule has 0 aromatic heterocycles. The molecule has 6 heteroatoms. The maximum absolute atomic E-state index is 13.4. The Morgan fingerprint density at radius 3 is 2.46 bits per heavy atom. The van der Waals surface area contributed by atoms with Crippen molar-refractivity contribution in [2.45, 2.75) is 76.0 Å². The molecule has 0 spiro atoms. The normalized spacial score (nSPS) is 26.4. The molecule has 0 N–H and O–H groups in total. The van der Waals surface area contributed by atoms with Crippen molar-refractivity contribution in [1.29, 1.82) is 0 Å². The van der Waals surface area contributed by atoms with Crippen LogP contribution in [0.4, 0.5) is 0 Å². The van der Waals surface area contributed by atoms with E-state index < -0.39 is 0 Å². The zero-order valence-corrected chi connectivity index (χ0v) is 23.6. The Labute approximate surface area is 237 Å². The molecule has 3 unspecified atom stereocenters. The first-order valence-corrected chi connectivity index (χ1v) is 15.0. The molecule has 2 fully saturated rings. The van der Waals surface area contributed by atoms with Crippen molar-refractivity contribution < 1.29 is 14.3 Å². The number of carbonyl (C=O) groups is 1. The second-order valence-corrected chi connectivity index (χ2v) is 11.8. The molecule has 2 bridgehead atoms. The van der Waals surface area contributed by atoms with E-state index >= 15 is 0 Å². The lowest BCUT2D eigenvalue weighted by Crippen LogP contribution is -2.47. The lowest BCUT2D eigenvalue weighted by molar-refractivity contribution is -0.115. The summed E-state index contributed by atoms with van der Waals surface area (Å²) >= 11 is 6.35. The number of benzene rings is 2. The molecule has 6 rings (SSSR count). The number of nitrogens with zero attached hydrogens (tertiary/aromatic N) is 2. The summed E-state index contributed by atoms with van der Waals surface area (Å²) in [6, 6.07) is 19.0. The smallest absolute Gasteiger partial charge is 0.165 e. The fraction of sp³-hybridized carbons (Fsp3) is 0.485. The van der Waals surface area contributed by atoms with Crippen molar-refractivity contribution in [2.24, 2.45) is 5.92 Å². The van der Waals surface area contributed by atoms with Gasteiger partial charge in [0.05, 0.1) is 17.8 Å². The van der Waals surface area contributed by atoms with Gasteiger partial charge in [0.15, 0.2) is 5.78 Å². The summed E-state index contributed by atoms with van der Waals surface area (Å²) in [5.41, 5.74) is 3.27. The van der Waals surface area contributed by atoms with Gasteiger partial charge in [-0.25, -0.2) is 0 Å². The number of rotatable bonds is 10. The van der Waals surface area contributed by atoms with Crippen LogP contribution in [0.3, 0.4) is 0 Å². The van der Waals surface area contributed by atoms with E-state index in [9.17, 15) is 4.79 Å². The number of ether oxygens (including phenoxy) is 2. The average Bonchev–Trinajstić information content (AvgIpc) is 3.44. The van der Waals surface area contributed by atoms with Gasteiger partial charge in [0.2, 0.25) is 0 Å². The largest absolute Gasteiger partial charge is 0.499 e. The van der Waals surface area contributed by atoms with Crippen LogP contribution >= 0.6 is 11.6 Å². The van der Waals surface area contributed by atoms with Crippen molar-refractivity contribution >= 4 is 17.4 Å². The van der Waals surface area contributed by atoms with Gasteiger partial charge in [0, 0.05) is 55.7 Å². The van der Waals surface area contributed by atoms with Crippen molar-refractivity contribution in [3.63, 3.8) is 0 Å². The Balaban J connectivity index is 1.09. The summed E-state index contributed by atoms with van der Waals surface area (Å²) in [7, 11) is 1.78. The fourth-order valence-corrected chi connectivity index (χ4v) is 7.47. The van der Waals surface area contributed by atoms with Gasteiger partial charge in [-0.05, 0) is 62.6 Å². The summed E-state index contributed by atoms with van der Waals surface area (Å²) < 4.78 is 12.2. The van der Waals surface area contributed by atoms with E-state index in [1.54, 1.807) is 7.11 Å². The second-order valence-electron chi connectivity index (χ2n) is 11.4. The summed E-state index contributed by atoms with van der Waals surface area (Å²) in [4.78, 5) is 18.5. The summed E-state index contributed by atoms with van der Waals surface area (Å²) in [5, 5.41) is 0.693. The number of piperidine rings is 1. The van der Waals surface area contributed by atoms with Crippen LogP contribution in [0, 0.1) is 5.92 Å². The number of para-hydroxylation sites is 1. The Kier molecular flexibility index (Phi) is 7.99. The standard InChI is InChI=1S/C33H39ClN2O3/c1-38-32-14-7-11-27-28(30(37)19-23-9-3-2-4-10-23)22-35(33(27)32)17-8-18-36-24-15-16-25(36)21-26(20-24)39-31-13-6-5-12-29(31)34/h2-6,9-10,12-13,22,24-27H,7-8,11,14-21H2,1H3/t24-,25?,26?,27?/m1/s1. The van der Waals surface area contributed by atoms with Gasteiger partial charge >= 0.3 is 0 Å². The molecule has 3 aliphatic heterocycles. The predicted octanol–water partition coefficient (Wildman–Crippen LogP) is 6.77. The molecule has 2 saturated heterocycles. The number of hydrogen-bond donors (Lipinski definition) is 0. The summed E-state index contributed by atoms with van der Waals surface area (Å²) in [6.07, 6.45) is 11.6. The van der Waals surface area contributed by atoms with Crippen LogP contribution in [0.1, 0.15) is 56.9 Å². The van der Waals surface area contributed by atoms with Gasteiger partial charge in [-0.3, -0.25) is 9.69 Å². The van der Waals surface area contributed by atoms with Gasteiger partial charge in [0.25, 0.3) is 0 Å². The molecule has 5 nitrogen and oxygen atoms in total. The third kappa shape index (κ3) is 5.62. The van der Waals surface area contributed by atoms with Crippen molar-refractivity contribution in [3.8, 4) is 5.75 Å². The van der Waals surface area contributed by atoms with Crippen LogP contribution in [0.2, 0.25) is 5.02 Å². The van der Waals surface area contributed by atoms with Crippen LogP contribution in [0.25, 0.3) is 0 Å². The number of halogens is 1. The van der Waals surface area contributed by atoms with Crippen LogP contribution in [0.5, 0.6) is 5.75 Å². The second kappa shape index (κ2) is 11.8. The minimum atomic E-state index is 0.166. The van der Waals surface area contributed by atoms with Crippen LogP contribution in [0.15, 0.2) is 77.8 Å². The average molecular weight is 547 g/mol. The lowest BCUT2D eigenvalue weighted by atomic mass is 9.84. The number of Topliss-reactive ketones (excluding diaryl/α,β-unsaturated/α-hetero) is 1. The molecule has 39 heavy (non-hydrogen) atoms. The first-order valence-electron chi connectivity index (χ1n) is 14.6. The predicted molar refractivity (Wildman–Crippen MR) is 155 cm³/mol. The molecule has 0 amide bonds. The Morgan fingerprint density at radius 2 is 1.72 bits per heavy atom. The van der Waals surface area contributed by atoms with Gasteiger partial charge in [-0.2, -0.15) is 0 Å². The first-order chi connectivity index (χ1) is 19.1. The van der Waals surface area contributed by atoms with Crippen molar-refractivity contribution in [3.05, 3.63) is 88.4 Å². The van der Waals surface area contributed by atoms with E-state index in [1.807, 2.05) is 54.6 Å². The van der Waals surface area contributed by atoms with Crippen molar-refractivity contribution in [1.82, 2.24) is 9.80 Å². The van der Waals surface area contributed by atoms with E-state index in [2.05, 4.69) is 16.0 Å². The summed E-state index contributed by atoms with van der Waals surface area (Å²) in [5.74, 6) is 2.27. The van der Waals surface area contributed by atoms with Crippen LogP contribution < -0.4 is 4.74 Å². The zero-order valence-electron chi connectivity index (χ0n) is 22.9. The Morgan fingerprint density at radius 1 is 0.974 bits per heavy atom. The van der Waals surface area contributed by atoms with Gasteiger partial charge in [-0.15, -0.1) is 0 Å². The Hall–Kier alpha value is -2.76. The number of ketones is 1. The van der Waals surface area contributed by atoms with E-state index in [0.717, 1.165) is 74.3 Å². The third-order valence-electron chi connectivity index (χ3n) is 9.05. The number of fused-ring (bicyclic) bond motifs is 3. The number of carbonyl (C=O) groups excluding carboxylic acids is 1. The van der Waals surface area contributed by atoms with E-state index in [0.29, 0.717) is 23.5 Å². The van der Waals surface area contributed by atoms with E-state index in [4.69, 9.17) is 21.1 Å². The number of hydrogen-bond acceptors (Lipinski definition) is 5. The molecule has 0 saturated carbocycles. The molecule has 4 aliphatic rings. The summed E-state index contributed by atoms with van der Waals surface area (Å²) in [6.45, 7) is 1.99. The molecule has 2 aromatic rings. The highest BCUT2D eigenvalue weighted by molar-refractivity contribution is 6.32. The first kappa shape index (κ1) is 26.5. The van der Waals surface area contributed by atoms with Gasteiger partial charge < -0.3 is 14.4 Å². The van der Waals surface area contributed by atoms with Gasteiger partial charge in [-0.1, -0.05) is 54.1 Å². The molecular weight excluding hydrogens is 508 g/mol. The zero-order chi connectivity index (χ0) is 26.8. The molecule has 0 radical (unpaired) electrons. The molecule has 1 aliphatic carbocycles. The van der Waals surface area contributed by atoms with E-state index in [1.165, 1.54) is 18.5 Å². The topological polar surface area (TPSA) is 42.0 Å². The molecule has 2 aromatic carbocycles. The molecule has 4 atom stereocenters. The maximum Gasteiger partial charge on any atom is 0.165 e. The highest BCUT2D eigenvalue weighted by atomic mass is 35.5. The van der Waals surface area contributed by atoms with Crippen LogP contribution in [-0.4, -0.2) is 54.0 Å². The fourth-order valence-electron chi connectivity index (χ4n) is 7.29. The quantitative estimate of drug-likeness (QED) is 0.329. The SMILES string of the molecule is COC1=C2C(CCC1)C(C(=O)Cc1ccccc1)=CN2CCCN1C2CC[C@@H]1CC(Oc1ccccc1Cl)C2. The monoisotopic (exact) mass is 546 g/mol. The van der Waals surface area contributed by atoms with Gasteiger partial charge in [0.1, 0.15) is 17.6 Å². The molecular formula is C33H39ClN2O3. The van der Waals surface area contributed by atoms with Crippen LogP contribution in [-0.2, 0) is 16.0 Å².